The molecule has 30 heavy (non-hydrogen) atoms. The van der Waals surface area contributed by atoms with Crippen LogP contribution in [-0.4, -0.2) is 49.2 Å². The lowest BCUT2D eigenvalue weighted by Gasteiger charge is -2.13. The Bertz CT molecular complexity index is 974. The zero-order valence-corrected chi connectivity index (χ0v) is 20.1. The Morgan fingerprint density at radius 2 is 2.00 bits per heavy atom. The molecule has 1 heterocycles. The number of hydrogen-bond donors (Lipinski definition) is 0. The summed E-state index contributed by atoms with van der Waals surface area (Å²) in [6, 6.07) is 7.91. The van der Waals surface area contributed by atoms with Crippen LogP contribution in [-0.2, 0) is 0 Å². The number of pyridine rings is 1. The first-order valence-corrected chi connectivity index (χ1v) is 10.6. The van der Waals surface area contributed by atoms with Gasteiger partial charge in [0.25, 0.3) is 0 Å². The Hall–Kier alpha value is -2.25. The highest BCUT2D eigenvalue weighted by Gasteiger charge is 2.13. The van der Waals surface area contributed by atoms with E-state index in [0.29, 0.717) is 21.1 Å². The van der Waals surface area contributed by atoms with Crippen LogP contribution in [0.5, 0.6) is 5.88 Å². The lowest BCUT2D eigenvalue weighted by Crippen LogP contribution is -2.14. The molecule has 8 heteroatoms. The van der Waals surface area contributed by atoms with Crippen molar-refractivity contribution in [1.29, 1.82) is 0 Å². The van der Waals surface area contributed by atoms with Gasteiger partial charge in [-0.2, -0.15) is 0 Å². The standard InChI is InChI=1S/C22H25BrClFN4O/c1-6-29(5)13-27-19-11-18(23)22(28-15(19)3)30-12-14(2)20(24)21(26-4)16-7-9-17(25)10-8-16/h7-11,13H,6,12H2,1-5H3/b20-14-,26-21?,27-13?. The summed E-state index contributed by atoms with van der Waals surface area (Å²) in [5.41, 5.74) is 3.60. The summed E-state index contributed by atoms with van der Waals surface area (Å²) in [4.78, 5) is 15.2. The molecule has 0 N–H and O–H groups in total. The smallest absolute Gasteiger partial charge is 0.228 e. The van der Waals surface area contributed by atoms with Crippen molar-refractivity contribution in [2.24, 2.45) is 9.98 Å². The maximum absolute atomic E-state index is 13.2. The molecule has 0 radical (unpaired) electrons. The highest BCUT2D eigenvalue weighted by atomic mass is 79.9. The first-order chi connectivity index (χ1) is 14.3. The number of ether oxygens (including phenoxy) is 1. The van der Waals surface area contributed by atoms with Crippen LogP contribution in [0.1, 0.15) is 25.1 Å². The number of halogens is 3. The van der Waals surface area contributed by atoms with Crippen LogP contribution >= 0.6 is 27.5 Å². The summed E-state index contributed by atoms with van der Waals surface area (Å²) in [6.07, 6.45) is 1.77. The van der Waals surface area contributed by atoms with Crippen LogP contribution in [0, 0.1) is 12.7 Å². The van der Waals surface area contributed by atoms with Gasteiger partial charge in [0, 0.05) is 26.2 Å². The van der Waals surface area contributed by atoms with Crippen molar-refractivity contribution in [2.45, 2.75) is 20.8 Å². The summed E-state index contributed by atoms with van der Waals surface area (Å²) >= 11 is 10.0. The third kappa shape index (κ3) is 6.37. The molecule has 0 spiro atoms. The maximum atomic E-state index is 13.2. The third-order valence-electron chi connectivity index (χ3n) is 4.35. The second-order valence-corrected chi connectivity index (χ2v) is 7.89. The van der Waals surface area contributed by atoms with Crippen molar-refractivity contribution < 1.29 is 9.13 Å². The first kappa shape index (κ1) is 24.0. The number of benzene rings is 1. The van der Waals surface area contributed by atoms with Gasteiger partial charge >= 0.3 is 0 Å². The molecule has 1 aromatic carbocycles. The molecule has 2 rings (SSSR count). The molecule has 0 unspecified atom stereocenters. The third-order valence-corrected chi connectivity index (χ3v) is 5.42. The van der Waals surface area contributed by atoms with Crippen molar-refractivity contribution in [1.82, 2.24) is 9.88 Å². The topological polar surface area (TPSA) is 50.1 Å². The maximum Gasteiger partial charge on any atom is 0.228 e. The van der Waals surface area contributed by atoms with Gasteiger partial charge in [0.2, 0.25) is 5.88 Å². The first-order valence-electron chi connectivity index (χ1n) is 9.39. The highest BCUT2D eigenvalue weighted by Crippen LogP contribution is 2.30. The molecular weight excluding hydrogens is 471 g/mol. The normalized spacial score (nSPS) is 12.9. The van der Waals surface area contributed by atoms with Crippen molar-refractivity contribution in [3.05, 3.63) is 62.5 Å². The predicted molar refractivity (Wildman–Crippen MR) is 126 cm³/mol. The fraction of sp³-hybridized carbons (Fsp3) is 0.318. The summed E-state index contributed by atoms with van der Waals surface area (Å²) in [7, 11) is 3.60. The van der Waals surface area contributed by atoms with Gasteiger partial charge in [-0.15, -0.1) is 0 Å². The fourth-order valence-corrected chi connectivity index (χ4v) is 3.10. The van der Waals surface area contributed by atoms with Crippen molar-refractivity contribution in [2.75, 3.05) is 27.2 Å². The van der Waals surface area contributed by atoms with E-state index in [1.54, 1.807) is 25.5 Å². The Labute approximate surface area is 190 Å². The van der Waals surface area contributed by atoms with Gasteiger partial charge in [-0.25, -0.2) is 14.4 Å². The van der Waals surface area contributed by atoms with Crippen LogP contribution in [0.4, 0.5) is 10.1 Å². The van der Waals surface area contributed by atoms with Gasteiger partial charge in [0.15, 0.2) is 0 Å². The van der Waals surface area contributed by atoms with Crippen molar-refractivity contribution >= 4 is 45.3 Å². The number of hydrogen-bond acceptors (Lipinski definition) is 4. The van der Waals surface area contributed by atoms with E-state index in [-0.39, 0.29) is 12.4 Å². The molecule has 0 aliphatic rings. The zero-order chi connectivity index (χ0) is 22.3. The second-order valence-electron chi connectivity index (χ2n) is 6.66. The molecule has 2 aromatic rings. The number of aryl methyl sites for hydroxylation is 1. The van der Waals surface area contributed by atoms with E-state index in [1.165, 1.54) is 12.1 Å². The quantitative estimate of drug-likeness (QED) is 0.338. The van der Waals surface area contributed by atoms with Gasteiger partial charge in [-0.05, 0) is 72.6 Å². The Kier molecular flexibility index (Phi) is 8.99. The summed E-state index contributed by atoms with van der Waals surface area (Å²) < 4.78 is 19.8. The van der Waals surface area contributed by atoms with Crippen LogP contribution in [0.3, 0.4) is 0 Å². The number of aliphatic imine (C=N–C) groups is 2. The van der Waals surface area contributed by atoms with E-state index < -0.39 is 0 Å². The predicted octanol–water partition coefficient (Wildman–Crippen LogP) is 5.91. The minimum Gasteiger partial charge on any atom is -0.472 e. The fourth-order valence-electron chi connectivity index (χ4n) is 2.43. The molecule has 0 atom stereocenters. The summed E-state index contributed by atoms with van der Waals surface area (Å²) in [5.74, 6) is 0.144. The molecule has 160 valence electrons. The molecular formula is C22H25BrClFN4O. The molecule has 0 fully saturated rings. The van der Waals surface area contributed by atoms with E-state index >= 15 is 0 Å². The molecule has 0 saturated carbocycles. The van der Waals surface area contributed by atoms with Crippen LogP contribution < -0.4 is 4.74 Å². The average Bonchev–Trinajstić information content (AvgIpc) is 2.74. The molecule has 0 aliphatic carbocycles. The minimum atomic E-state index is -0.310. The van der Waals surface area contributed by atoms with Gasteiger partial charge in [0.1, 0.15) is 12.4 Å². The SMILES string of the molecule is CCN(C)C=Nc1cc(Br)c(OC/C(C)=C(\Cl)C(=NC)c2ccc(F)cc2)nc1C. The summed E-state index contributed by atoms with van der Waals surface area (Å²) in [6.45, 7) is 6.88. The lowest BCUT2D eigenvalue weighted by molar-refractivity contribution is 0.335. The van der Waals surface area contributed by atoms with Crippen molar-refractivity contribution in [3.63, 3.8) is 0 Å². The van der Waals surface area contributed by atoms with Gasteiger partial charge in [-0.1, -0.05) is 11.6 Å². The van der Waals surface area contributed by atoms with E-state index in [4.69, 9.17) is 16.3 Å². The minimum absolute atomic E-state index is 0.227. The number of nitrogens with zero attached hydrogens (tertiary/aromatic N) is 4. The average molecular weight is 496 g/mol. The molecule has 1 aromatic heterocycles. The second kappa shape index (κ2) is 11.2. The van der Waals surface area contributed by atoms with E-state index in [0.717, 1.165) is 29.1 Å². The van der Waals surface area contributed by atoms with Crippen LogP contribution in [0.2, 0.25) is 0 Å². The molecule has 0 aliphatic heterocycles. The molecule has 0 bridgehead atoms. The monoisotopic (exact) mass is 494 g/mol. The van der Waals surface area contributed by atoms with Crippen molar-refractivity contribution in [3.8, 4) is 5.88 Å². The molecule has 0 saturated heterocycles. The molecule has 0 amide bonds. The van der Waals surface area contributed by atoms with Gasteiger partial charge in [0.05, 0.1) is 32.9 Å². The number of allylic oxidation sites excluding steroid dienone is 1. The zero-order valence-electron chi connectivity index (χ0n) is 17.7. The van der Waals surface area contributed by atoms with Crippen LogP contribution in [0.25, 0.3) is 0 Å². The summed E-state index contributed by atoms with van der Waals surface area (Å²) in [5, 5.41) is 0.459. The lowest BCUT2D eigenvalue weighted by atomic mass is 10.1. The highest BCUT2D eigenvalue weighted by molar-refractivity contribution is 9.10. The van der Waals surface area contributed by atoms with E-state index in [2.05, 4.69) is 37.8 Å². The van der Waals surface area contributed by atoms with E-state index in [1.807, 2.05) is 31.9 Å². The Morgan fingerprint density at radius 1 is 1.33 bits per heavy atom. The number of rotatable bonds is 8. The van der Waals surface area contributed by atoms with Crippen LogP contribution in [0.15, 0.2) is 55.4 Å². The van der Waals surface area contributed by atoms with E-state index in [9.17, 15) is 4.39 Å². The van der Waals surface area contributed by atoms with Gasteiger partial charge in [-0.3, -0.25) is 4.99 Å². The number of aromatic nitrogens is 1. The Balaban J connectivity index is 2.17. The van der Waals surface area contributed by atoms with Gasteiger partial charge < -0.3 is 9.64 Å². The molecule has 5 nitrogen and oxygen atoms in total. The largest absolute Gasteiger partial charge is 0.472 e. The Morgan fingerprint density at radius 3 is 2.60 bits per heavy atom.